The van der Waals surface area contributed by atoms with Crippen molar-refractivity contribution in [2.75, 3.05) is 101 Å². The number of amides is 8. The standard InChI is InChI=1S/C27H49N9O8/c1-10-28-20(37)13-31(4)24(41)17-35(8)27(44)16-34(7)23(40)12-30-21(38)14-32(5)25(42)18-36(9)26(43)15-33(6)22(39)11-29-19(2)3/h19,29H,10-18H2,1-9H3,(H,28,37)(H,30,38). The number of rotatable bonds is 18. The average Bonchev–Trinajstić information content (AvgIpc) is 2.93. The molecule has 0 saturated carbocycles. The summed E-state index contributed by atoms with van der Waals surface area (Å²) in [7, 11) is 8.45. The summed E-state index contributed by atoms with van der Waals surface area (Å²) >= 11 is 0. The topological polar surface area (TPSA) is 192 Å². The van der Waals surface area contributed by atoms with E-state index in [1.165, 1.54) is 52.1 Å². The lowest BCUT2D eigenvalue weighted by molar-refractivity contribution is -0.143. The summed E-state index contributed by atoms with van der Waals surface area (Å²) in [5.74, 6) is -3.80. The van der Waals surface area contributed by atoms with Gasteiger partial charge in [0.25, 0.3) is 0 Å². The Kier molecular flexibility index (Phi) is 17.9. The number of carbonyl (C=O) groups excluding carboxylic acids is 8. The van der Waals surface area contributed by atoms with E-state index in [9.17, 15) is 38.4 Å². The van der Waals surface area contributed by atoms with Gasteiger partial charge in [-0.05, 0) is 6.92 Å². The van der Waals surface area contributed by atoms with Gasteiger partial charge in [-0.15, -0.1) is 0 Å². The van der Waals surface area contributed by atoms with Crippen LogP contribution >= 0.6 is 0 Å². The first kappa shape index (κ1) is 39.7. The molecule has 0 fully saturated rings. The van der Waals surface area contributed by atoms with E-state index < -0.39 is 42.0 Å². The average molecular weight is 628 g/mol. The molecule has 0 radical (unpaired) electrons. The number of likely N-dealkylation sites (N-methyl/N-ethyl adjacent to an activating group) is 7. The van der Waals surface area contributed by atoms with Crippen molar-refractivity contribution in [3.63, 3.8) is 0 Å². The molecule has 3 N–H and O–H groups in total. The van der Waals surface area contributed by atoms with E-state index in [1.807, 2.05) is 13.8 Å². The van der Waals surface area contributed by atoms with Crippen molar-refractivity contribution in [2.45, 2.75) is 26.8 Å². The molecular formula is C27H49N9O8. The van der Waals surface area contributed by atoms with Crippen LogP contribution in [0.15, 0.2) is 0 Å². The minimum atomic E-state index is -0.635. The molecule has 44 heavy (non-hydrogen) atoms. The van der Waals surface area contributed by atoms with Gasteiger partial charge in [-0.2, -0.15) is 0 Å². The van der Waals surface area contributed by atoms with Crippen LogP contribution in [-0.4, -0.2) is 184 Å². The van der Waals surface area contributed by atoms with Gasteiger partial charge in [-0.25, -0.2) is 0 Å². The highest BCUT2D eigenvalue weighted by molar-refractivity contribution is 5.92. The Bertz CT molecular complexity index is 1050. The monoisotopic (exact) mass is 627 g/mol. The molecule has 0 heterocycles. The molecule has 0 atom stereocenters. The van der Waals surface area contributed by atoms with E-state index in [1.54, 1.807) is 6.92 Å². The Balaban J connectivity index is 4.60. The van der Waals surface area contributed by atoms with Crippen LogP contribution in [0.3, 0.4) is 0 Å². The molecule has 0 spiro atoms. The lowest BCUT2D eigenvalue weighted by atomic mass is 10.3. The molecule has 0 aliphatic rings. The lowest BCUT2D eigenvalue weighted by Gasteiger charge is -2.25. The van der Waals surface area contributed by atoms with Gasteiger partial charge in [-0.1, -0.05) is 13.8 Å². The Morgan fingerprint density at radius 2 is 0.750 bits per heavy atom. The van der Waals surface area contributed by atoms with Crippen molar-refractivity contribution in [1.29, 1.82) is 0 Å². The van der Waals surface area contributed by atoms with Gasteiger partial charge in [0.05, 0.1) is 52.4 Å². The molecule has 0 aromatic carbocycles. The summed E-state index contributed by atoms with van der Waals surface area (Å²) in [6.45, 7) is 3.87. The van der Waals surface area contributed by atoms with Crippen LogP contribution in [-0.2, 0) is 38.4 Å². The minimum Gasteiger partial charge on any atom is -0.355 e. The maximum atomic E-state index is 12.5. The molecule has 17 heteroatoms. The second kappa shape index (κ2) is 19.8. The third-order valence-corrected chi connectivity index (χ3v) is 6.28. The van der Waals surface area contributed by atoms with Crippen molar-refractivity contribution in [1.82, 2.24) is 45.3 Å². The fourth-order valence-corrected chi connectivity index (χ4v) is 3.30. The maximum absolute atomic E-state index is 12.5. The van der Waals surface area contributed by atoms with Crippen LogP contribution in [0.5, 0.6) is 0 Å². The highest BCUT2D eigenvalue weighted by Crippen LogP contribution is 1.96. The van der Waals surface area contributed by atoms with Crippen LogP contribution < -0.4 is 16.0 Å². The molecule has 17 nitrogen and oxygen atoms in total. The third kappa shape index (κ3) is 15.8. The lowest BCUT2D eigenvalue weighted by Crippen LogP contribution is -2.48. The fourth-order valence-electron chi connectivity index (χ4n) is 3.30. The van der Waals surface area contributed by atoms with E-state index in [2.05, 4.69) is 16.0 Å². The molecule has 0 rings (SSSR count). The van der Waals surface area contributed by atoms with E-state index in [0.29, 0.717) is 6.54 Å². The third-order valence-electron chi connectivity index (χ3n) is 6.28. The maximum Gasteiger partial charge on any atom is 0.242 e. The summed E-state index contributed by atoms with van der Waals surface area (Å²) in [5, 5.41) is 7.93. The summed E-state index contributed by atoms with van der Waals surface area (Å²) in [6.07, 6.45) is 0. The molecule has 0 unspecified atom stereocenters. The molecule has 0 bridgehead atoms. The van der Waals surface area contributed by atoms with E-state index in [-0.39, 0.29) is 63.7 Å². The molecule has 0 aromatic heterocycles. The van der Waals surface area contributed by atoms with Crippen molar-refractivity contribution in [3.8, 4) is 0 Å². The van der Waals surface area contributed by atoms with Crippen molar-refractivity contribution < 1.29 is 38.4 Å². The van der Waals surface area contributed by atoms with Crippen LogP contribution in [0.1, 0.15) is 20.8 Å². The van der Waals surface area contributed by atoms with Crippen LogP contribution in [0, 0.1) is 0 Å². The number of nitrogens with zero attached hydrogens (tertiary/aromatic N) is 6. The van der Waals surface area contributed by atoms with Crippen molar-refractivity contribution >= 4 is 47.3 Å². The zero-order chi connectivity index (χ0) is 34.1. The van der Waals surface area contributed by atoms with E-state index >= 15 is 0 Å². The predicted octanol–water partition coefficient (Wildman–Crippen LogP) is -4.01. The van der Waals surface area contributed by atoms with Crippen molar-refractivity contribution in [2.24, 2.45) is 0 Å². The van der Waals surface area contributed by atoms with Gasteiger partial charge < -0.3 is 45.3 Å². The SMILES string of the molecule is CCNC(=O)CN(C)C(=O)CN(C)C(=O)CN(C)C(=O)CNC(=O)CN(C)C(=O)CN(C)C(=O)CN(C)C(=O)CNC(C)C. The van der Waals surface area contributed by atoms with Crippen molar-refractivity contribution in [3.05, 3.63) is 0 Å². The normalized spacial score (nSPS) is 10.4. The Morgan fingerprint density at radius 1 is 0.455 bits per heavy atom. The Labute approximate surface area is 259 Å². The zero-order valence-corrected chi connectivity index (χ0v) is 27.4. The first-order valence-electron chi connectivity index (χ1n) is 14.1. The first-order valence-corrected chi connectivity index (χ1v) is 14.1. The molecule has 8 amide bonds. The van der Waals surface area contributed by atoms with Gasteiger partial charge in [0.2, 0.25) is 47.3 Å². The van der Waals surface area contributed by atoms with Crippen LogP contribution in [0.4, 0.5) is 0 Å². The quantitative estimate of drug-likeness (QED) is 0.136. The summed E-state index contributed by atoms with van der Waals surface area (Å²) < 4.78 is 0. The minimum absolute atomic E-state index is 0.0774. The molecular weight excluding hydrogens is 578 g/mol. The molecule has 0 saturated heterocycles. The number of carbonyl (C=O) groups is 8. The second-order valence-electron chi connectivity index (χ2n) is 10.8. The second-order valence-corrected chi connectivity index (χ2v) is 10.8. The first-order chi connectivity index (χ1) is 20.4. The van der Waals surface area contributed by atoms with Crippen LogP contribution in [0.25, 0.3) is 0 Å². The number of nitrogens with one attached hydrogen (secondary N) is 3. The summed E-state index contributed by atoms with van der Waals surface area (Å²) in [5.41, 5.74) is 0. The van der Waals surface area contributed by atoms with Gasteiger partial charge in [0.15, 0.2) is 0 Å². The molecule has 250 valence electrons. The van der Waals surface area contributed by atoms with Gasteiger partial charge in [0, 0.05) is 54.9 Å². The summed E-state index contributed by atoms with van der Waals surface area (Å²) in [6, 6.07) is 0.107. The van der Waals surface area contributed by atoms with Gasteiger partial charge >= 0.3 is 0 Å². The van der Waals surface area contributed by atoms with Crippen LogP contribution in [0.2, 0.25) is 0 Å². The fraction of sp³-hybridized carbons (Fsp3) is 0.704. The Hall–Kier alpha value is -4.28. The van der Waals surface area contributed by atoms with E-state index in [4.69, 9.17) is 0 Å². The number of hydrogen-bond acceptors (Lipinski definition) is 9. The smallest absolute Gasteiger partial charge is 0.242 e. The van der Waals surface area contributed by atoms with Gasteiger partial charge in [0.1, 0.15) is 0 Å². The summed E-state index contributed by atoms with van der Waals surface area (Å²) in [4.78, 5) is 105. The number of hydrogen-bond donors (Lipinski definition) is 3. The molecule has 0 aliphatic heterocycles. The highest BCUT2D eigenvalue weighted by atomic mass is 16.2. The Morgan fingerprint density at radius 3 is 1.09 bits per heavy atom. The van der Waals surface area contributed by atoms with Gasteiger partial charge in [-0.3, -0.25) is 38.4 Å². The predicted molar refractivity (Wildman–Crippen MR) is 161 cm³/mol. The molecule has 0 aromatic rings. The molecule has 0 aliphatic carbocycles. The zero-order valence-electron chi connectivity index (χ0n) is 27.4. The highest BCUT2D eigenvalue weighted by Gasteiger charge is 2.23. The largest absolute Gasteiger partial charge is 0.355 e. The van der Waals surface area contributed by atoms with E-state index in [0.717, 1.165) is 19.6 Å².